The minimum Gasteiger partial charge on any atom is -0.396 e. The van der Waals surface area contributed by atoms with Crippen LogP contribution in [0.5, 0.6) is 0 Å². The molecule has 1 fully saturated rings. The quantitative estimate of drug-likeness (QED) is 0.217. The van der Waals surface area contributed by atoms with Gasteiger partial charge in [0.05, 0.1) is 5.60 Å². The highest BCUT2D eigenvalue weighted by molar-refractivity contribution is 6.31. The van der Waals surface area contributed by atoms with Gasteiger partial charge in [0.15, 0.2) is 0 Å². The lowest BCUT2D eigenvalue weighted by molar-refractivity contribution is -0.136. The second kappa shape index (κ2) is 16.7. The molecule has 2 aliphatic rings. The van der Waals surface area contributed by atoms with Crippen molar-refractivity contribution >= 4 is 41.0 Å². The lowest BCUT2D eigenvalue weighted by atomic mass is 10.0. The summed E-state index contributed by atoms with van der Waals surface area (Å²) >= 11 is 6.07. The molecule has 11 nitrogen and oxygen atoms in total. The summed E-state index contributed by atoms with van der Waals surface area (Å²) in [6.07, 6.45) is 3.01. The van der Waals surface area contributed by atoms with Crippen molar-refractivity contribution < 1.29 is 29.0 Å². The SMILES string of the molecule is CC(C)CCOC(C)(C)CCN.O=C1CCC(N2Cc3cc(CNC(=O)Nc4cc(Cl)cc(CCO)c4)ccc3C2=O)C(=O)N1. The molecule has 1 atom stereocenters. The number of carbonyl (C=O) groups excluding carboxylic acids is 4. The number of halogens is 1. The van der Waals surface area contributed by atoms with Gasteiger partial charge in [-0.05, 0) is 92.9 Å². The number of nitrogens with two attached hydrogens (primary N) is 1. The third-order valence-corrected chi connectivity index (χ3v) is 7.81. The number of amides is 5. The van der Waals surface area contributed by atoms with E-state index >= 15 is 0 Å². The highest BCUT2D eigenvalue weighted by atomic mass is 35.5. The number of imide groups is 1. The first-order valence-electron chi connectivity index (χ1n) is 15.4. The first kappa shape index (κ1) is 36.0. The summed E-state index contributed by atoms with van der Waals surface area (Å²) in [4.78, 5) is 50.1. The highest BCUT2D eigenvalue weighted by Gasteiger charge is 2.39. The smallest absolute Gasteiger partial charge is 0.319 e. The zero-order chi connectivity index (χ0) is 33.1. The minimum absolute atomic E-state index is 0.0201. The molecule has 246 valence electrons. The van der Waals surface area contributed by atoms with Crippen molar-refractivity contribution in [1.82, 2.24) is 15.5 Å². The van der Waals surface area contributed by atoms with Gasteiger partial charge in [0.25, 0.3) is 5.91 Å². The Morgan fingerprint density at radius 1 is 1.18 bits per heavy atom. The van der Waals surface area contributed by atoms with Gasteiger partial charge in [-0.2, -0.15) is 0 Å². The van der Waals surface area contributed by atoms with Crippen molar-refractivity contribution in [1.29, 1.82) is 0 Å². The molecule has 45 heavy (non-hydrogen) atoms. The molecule has 12 heteroatoms. The van der Waals surface area contributed by atoms with E-state index in [1.165, 1.54) is 4.90 Å². The predicted molar refractivity (Wildman–Crippen MR) is 174 cm³/mol. The summed E-state index contributed by atoms with van der Waals surface area (Å²) in [6.45, 7) is 10.7. The molecule has 2 aromatic carbocycles. The van der Waals surface area contributed by atoms with Crippen molar-refractivity contribution in [3.63, 3.8) is 0 Å². The number of piperidine rings is 1. The van der Waals surface area contributed by atoms with E-state index in [4.69, 9.17) is 27.2 Å². The molecular weight excluding hydrogens is 598 g/mol. The molecule has 6 N–H and O–H groups in total. The summed E-state index contributed by atoms with van der Waals surface area (Å²) in [7, 11) is 0. The number of nitrogens with zero attached hydrogens (tertiary/aromatic N) is 1. The monoisotopic (exact) mass is 643 g/mol. The molecule has 0 radical (unpaired) electrons. The third kappa shape index (κ3) is 11.1. The highest BCUT2D eigenvalue weighted by Crippen LogP contribution is 2.28. The average Bonchev–Trinajstić information content (AvgIpc) is 3.27. The number of hydrogen-bond acceptors (Lipinski definition) is 7. The summed E-state index contributed by atoms with van der Waals surface area (Å²) in [5.74, 6) is -0.293. The first-order chi connectivity index (χ1) is 21.3. The summed E-state index contributed by atoms with van der Waals surface area (Å²) in [5, 5.41) is 17.3. The Balaban J connectivity index is 0.000000392. The van der Waals surface area contributed by atoms with Gasteiger partial charge in [-0.1, -0.05) is 37.6 Å². The number of aliphatic hydroxyl groups excluding tert-OH is 1. The molecule has 5 amide bonds. The second-order valence-corrected chi connectivity index (χ2v) is 12.8. The van der Waals surface area contributed by atoms with Crippen LogP contribution >= 0.6 is 11.6 Å². The lowest BCUT2D eigenvalue weighted by Crippen LogP contribution is -2.52. The van der Waals surface area contributed by atoms with E-state index in [1.807, 2.05) is 6.07 Å². The Bertz CT molecular complexity index is 1370. The summed E-state index contributed by atoms with van der Waals surface area (Å²) < 4.78 is 5.70. The molecule has 0 bridgehead atoms. The molecular formula is C33H46ClN5O6. The number of hydrogen-bond donors (Lipinski definition) is 5. The van der Waals surface area contributed by atoms with Crippen LogP contribution in [-0.2, 0) is 33.8 Å². The largest absolute Gasteiger partial charge is 0.396 e. The van der Waals surface area contributed by atoms with E-state index < -0.39 is 18.0 Å². The van der Waals surface area contributed by atoms with Crippen LogP contribution in [0.25, 0.3) is 0 Å². The van der Waals surface area contributed by atoms with Crippen molar-refractivity contribution in [2.45, 2.75) is 84.5 Å². The second-order valence-electron chi connectivity index (χ2n) is 12.4. The van der Waals surface area contributed by atoms with E-state index in [0.29, 0.717) is 35.7 Å². The minimum atomic E-state index is -0.664. The number of benzene rings is 2. The number of rotatable bonds is 12. The van der Waals surface area contributed by atoms with Crippen LogP contribution in [-0.4, -0.2) is 65.2 Å². The predicted octanol–water partition coefficient (Wildman–Crippen LogP) is 4.13. The fourth-order valence-corrected chi connectivity index (χ4v) is 5.34. The van der Waals surface area contributed by atoms with Crippen molar-refractivity contribution in [2.75, 3.05) is 25.1 Å². The van der Waals surface area contributed by atoms with Gasteiger partial charge in [0.2, 0.25) is 11.8 Å². The van der Waals surface area contributed by atoms with Crippen LogP contribution in [0.2, 0.25) is 5.02 Å². The molecule has 2 heterocycles. The van der Waals surface area contributed by atoms with E-state index in [1.54, 1.807) is 30.3 Å². The van der Waals surface area contributed by atoms with Crippen LogP contribution < -0.4 is 21.7 Å². The fourth-order valence-electron chi connectivity index (χ4n) is 5.08. The van der Waals surface area contributed by atoms with E-state index in [2.05, 4.69) is 43.6 Å². The van der Waals surface area contributed by atoms with E-state index in [9.17, 15) is 19.2 Å². The van der Waals surface area contributed by atoms with Gasteiger partial charge in [-0.15, -0.1) is 0 Å². The lowest BCUT2D eigenvalue weighted by Gasteiger charge is -2.29. The molecule has 2 aliphatic heterocycles. The zero-order valence-corrected chi connectivity index (χ0v) is 27.3. The number of anilines is 1. The van der Waals surface area contributed by atoms with Crippen LogP contribution in [0.3, 0.4) is 0 Å². The Hall–Kier alpha value is -3.51. The van der Waals surface area contributed by atoms with Gasteiger partial charge >= 0.3 is 6.03 Å². The summed E-state index contributed by atoms with van der Waals surface area (Å²) in [6, 6.07) is 9.28. The van der Waals surface area contributed by atoms with Gasteiger partial charge in [0, 0.05) is 49.0 Å². The number of aliphatic hydroxyl groups is 1. The molecule has 4 rings (SSSR count). The van der Waals surface area contributed by atoms with Gasteiger partial charge < -0.3 is 31.1 Å². The van der Waals surface area contributed by atoms with E-state index in [-0.39, 0.29) is 43.5 Å². The van der Waals surface area contributed by atoms with Crippen LogP contribution in [0.15, 0.2) is 36.4 Å². The fraction of sp³-hybridized carbons (Fsp3) is 0.515. The Kier molecular flexibility index (Phi) is 13.3. The first-order valence-corrected chi connectivity index (χ1v) is 15.8. The van der Waals surface area contributed by atoms with Crippen LogP contribution in [0.4, 0.5) is 10.5 Å². The van der Waals surface area contributed by atoms with Gasteiger partial charge in [-0.3, -0.25) is 19.7 Å². The standard InChI is InChI=1S/C23H23ClN4O5.C10H23NO/c24-16-8-13(5-6-29)9-17(10-16)26-23(33)25-11-14-1-2-18-15(7-14)12-28(22(18)32)19-3-4-20(30)27-21(19)31;1-9(2)5-8-12-10(3,4)6-7-11/h1-2,7-10,19,29H,3-6,11-12H2,(H2,25,26,33)(H,27,30,31);9H,5-8,11H2,1-4H3. The zero-order valence-electron chi connectivity index (χ0n) is 26.6. The maximum atomic E-state index is 12.8. The van der Waals surface area contributed by atoms with Crippen LogP contribution in [0.1, 0.15) is 80.4 Å². The molecule has 2 aromatic rings. The Morgan fingerprint density at radius 3 is 2.60 bits per heavy atom. The summed E-state index contributed by atoms with van der Waals surface area (Å²) in [5.41, 5.74) is 8.84. The Morgan fingerprint density at radius 2 is 1.93 bits per heavy atom. The molecule has 0 aromatic heterocycles. The molecule has 0 saturated carbocycles. The molecule has 1 unspecified atom stereocenters. The van der Waals surface area contributed by atoms with Crippen LogP contribution in [0, 0.1) is 5.92 Å². The maximum Gasteiger partial charge on any atom is 0.319 e. The molecule has 1 saturated heterocycles. The average molecular weight is 644 g/mol. The third-order valence-electron chi connectivity index (χ3n) is 7.59. The van der Waals surface area contributed by atoms with Gasteiger partial charge in [0.1, 0.15) is 6.04 Å². The number of urea groups is 1. The normalized spacial score (nSPS) is 16.2. The molecule has 0 aliphatic carbocycles. The van der Waals surface area contributed by atoms with Crippen molar-refractivity contribution in [3.05, 3.63) is 63.7 Å². The number of fused-ring (bicyclic) bond motifs is 1. The number of carbonyl (C=O) groups is 4. The number of ether oxygens (including phenoxy) is 1. The number of nitrogens with one attached hydrogen (secondary N) is 3. The Labute approximate surface area is 270 Å². The van der Waals surface area contributed by atoms with Crippen molar-refractivity contribution in [2.24, 2.45) is 11.7 Å². The van der Waals surface area contributed by atoms with E-state index in [0.717, 1.165) is 42.1 Å². The van der Waals surface area contributed by atoms with Crippen molar-refractivity contribution in [3.8, 4) is 0 Å². The molecule has 0 spiro atoms. The maximum absolute atomic E-state index is 12.8. The van der Waals surface area contributed by atoms with Gasteiger partial charge in [-0.25, -0.2) is 4.79 Å². The topological polar surface area (TPSA) is 163 Å².